The Kier molecular flexibility index (Phi) is 5.81. The van der Waals surface area contributed by atoms with Gasteiger partial charge in [-0.05, 0) is 49.5 Å². The summed E-state index contributed by atoms with van der Waals surface area (Å²) >= 11 is 0. The van der Waals surface area contributed by atoms with Crippen molar-refractivity contribution < 1.29 is 0 Å². The van der Waals surface area contributed by atoms with Gasteiger partial charge in [0.05, 0.1) is 0 Å². The molecular weight excluding hydrogens is 278 g/mol. The van der Waals surface area contributed by atoms with Crippen molar-refractivity contribution >= 4 is 5.57 Å². The van der Waals surface area contributed by atoms with Crippen LogP contribution in [0.1, 0.15) is 48.4 Å². The van der Waals surface area contributed by atoms with Gasteiger partial charge in [-0.2, -0.15) is 0 Å². The number of benzene rings is 2. The Bertz CT molecular complexity index is 722. The topological polar surface area (TPSA) is 26.0 Å². The van der Waals surface area contributed by atoms with Gasteiger partial charge in [0.15, 0.2) is 0 Å². The van der Waals surface area contributed by atoms with Crippen LogP contribution in [-0.2, 0) is 0 Å². The van der Waals surface area contributed by atoms with Crippen LogP contribution in [0.3, 0.4) is 0 Å². The molecule has 2 rings (SSSR count). The largest absolute Gasteiger partial charge is 0.404 e. The fraction of sp³-hybridized carbons (Fsp3) is 0.273. The molecule has 0 aliphatic heterocycles. The number of nitrogens with two attached hydrogens (primary N) is 1. The second-order valence-electron chi connectivity index (χ2n) is 6.23. The summed E-state index contributed by atoms with van der Waals surface area (Å²) in [5, 5.41) is 0. The van der Waals surface area contributed by atoms with Gasteiger partial charge < -0.3 is 5.73 Å². The minimum Gasteiger partial charge on any atom is -0.404 e. The molecule has 0 spiro atoms. The van der Waals surface area contributed by atoms with Crippen molar-refractivity contribution in [2.75, 3.05) is 0 Å². The van der Waals surface area contributed by atoms with Crippen LogP contribution in [0.15, 0.2) is 66.4 Å². The Labute approximate surface area is 140 Å². The van der Waals surface area contributed by atoms with E-state index in [0.29, 0.717) is 5.92 Å². The first-order valence-corrected chi connectivity index (χ1v) is 8.29. The lowest BCUT2D eigenvalue weighted by Gasteiger charge is -2.15. The van der Waals surface area contributed by atoms with Crippen molar-refractivity contribution in [2.24, 2.45) is 5.73 Å². The normalized spacial score (nSPS) is 13.9. The molecule has 120 valence electrons. The van der Waals surface area contributed by atoms with Gasteiger partial charge in [0.1, 0.15) is 0 Å². The zero-order chi connectivity index (χ0) is 16.8. The standard InChI is InChI=1S/C22H27N/c1-5-19(20-10-6-8-16(2)12-20)14-18(4)22(15-23)21-11-7-9-17(3)13-21/h6-15,19H,5,23H2,1-4H3/b18-14-,22-15+. The van der Waals surface area contributed by atoms with E-state index in [1.165, 1.54) is 27.8 Å². The summed E-state index contributed by atoms with van der Waals surface area (Å²) in [6, 6.07) is 17.3. The van der Waals surface area contributed by atoms with Crippen molar-refractivity contribution in [3.8, 4) is 0 Å². The lowest BCUT2D eigenvalue weighted by atomic mass is 9.90. The summed E-state index contributed by atoms with van der Waals surface area (Å²) < 4.78 is 0. The molecule has 0 aromatic heterocycles. The molecule has 1 unspecified atom stereocenters. The van der Waals surface area contributed by atoms with Crippen molar-refractivity contribution in [1.29, 1.82) is 0 Å². The molecule has 0 saturated carbocycles. The van der Waals surface area contributed by atoms with E-state index in [1.807, 2.05) is 0 Å². The van der Waals surface area contributed by atoms with Crippen LogP contribution in [0.5, 0.6) is 0 Å². The molecule has 0 fully saturated rings. The highest BCUT2D eigenvalue weighted by molar-refractivity contribution is 5.78. The van der Waals surface area contributed by atoms with E-state index in [1.54, 1.807) is 6.20 Å². The molecular formula is C22H27N. The molecule has 0 aliphatic rings. The number of allylic oxidation sites excluding steroid dienone is 3. The second-order valence-corrected chi connectivity index (χ2v) is 6.23. The highest BCUT2D eigenvalue weighted by Gasteiger charge is 2.10. The van der Waals surface area contributed by atoms with E-state index in [-0.39, 0.29) is 0 Å². The Morgan fingerprint density at radius 1 is 1.04 bits per heavy atom. The van der Waals surface area contributed by atoms with Gasteiger partial charge in [-0.3, -0.25) is 0 Å². The molecule has 0 aliphatic carbocycles. The predicted molar refractivity (Wildman–Crippen MR) is 101 cm³/mol. The summed E-state index contributed by atoms with van der Waals surface area (Å²) in [6.07, 6.45) is 5.14. The molecule has 1 atom stereocenters. The minimum atomic E-state index is 0.412. The Morgan fingerprint density at radius 3 is 2.26 bits per heavy atom. The summed E-state index contributed by atoms with van der Waals surface area (Å²) in [7, 11) is 0. The smallest absolute Gasteiger partial charge is 0.00213 e. The third-order valence-electron chi connectivity index (χ3n) is 4.28. The van der Waals surface area contributed by atoms with Gasteiger partial charge in [0, 0.05) is 12.1 Å². The second kappa shape index (κ2) is 7.82. The van der Waals surface area contributed by atoms with Crippen LogP contribution in [0.2, 0.25) is 0 Å². The average Bonchev–Trinajstić information content (AvgIpc) is 2.53. The molecule has 1 heteroatoms. The predicted octanol–water partition coefficient (Wildman–Crippen LogP) is 5.74. The lowest BCUT2D eigenvalue weighted by molar-refractivity contribution is 0.800. The summed E-state index contributed by atoms with van der Waals surface area (Å²) in [5.74, 6) is 0.412. The molecule has 2 aromatic rings. The molecule has 2 aromatic carbocycles. The van der Waals surface area contributed by atoms with Crippen molar-refractivity contribution in [1.82, 2.24) is 0 Å². The number of aryl methyl sites for hydroxylation is 2. The fourth-order valence-electron chi connectivity index (χ4n) is 3.01. The Morgan fingerprint density at radius 2 is 1.70 bits per heavy atom. The lowest BCUT2D eigenvalue weighted by Crippen LogP contribution is -1.98. The van der Waals surface area contributed by atoms with Crippen LogP contribution >= 0.6 is 0 Å². The fourth-order valence-corrected chi connectivity index (χ4v) is 3.01. The van der Waals surface area contributed by atoms with E-state index in [0.717, 1.165) is 12.0 Å². The van der Waals surface area contributed by atoms with Gasteiger partial charge in [-0.1, -0.05) is 72.7 Å². The quantitative estimate of drug-likeness (QED) is 0.700. The van der Waals surface area contributed by atoms with Gasteiger partial charge in [-0.25, -0.2) is 0 Å². The van der Waals surface area contributed by atoms with E-state index in [4.69, 9.17) is 5.73 Å². The van der Waals surface area contributed by atoms with E-state index < -0.39 is 0 Å². The van der Waals surface area contributed by atoms with Crippen LogP contribution in [0.25, 0.3) is 5.57 Å². The van der Waals surface area contributed by atoms with Crippen LogP contribution in [0.4, 0.5) is 0 Å². The van der Waals surface area contributed by atoms with Crippen LogP contribution in [-0.4, -0.2) is 0 Å². The van der Waals surface area contributed by atoms with E-state index in [9.17, 15) is 0 Å². The van der Waals surface area contributed by atoms with Gasteiger partial charge in [0.2, 0.25) is 0 Å². The molecule has 0 heterocycles. The first kappa shape index (κ1) is 17.1. The highest BCUT2D eigenvalue weighted by atomic mass is 14.5. The first-order chi connectivity index (χ1) is 11.0. The zero-order valence-corrected chi connectivity index (χ0v) is 14.6. The zero-order valence-electron chi connectivity index (χ0n) is 14.6. The third kappa shape index (κ3) is 4.35. The number of rotatable bonds is 5. The molecule has 0 amide bonds. The van der Waals surface area contributed by atoms with Crippen LogP contribution < -0.4 is 5.73 Å². The van der Waals surface area contributed by atoms with Crippen molar-refractivity contribution in [3.63, 3.8) is 0 Å². The maximum absolute atomic E-state index is 5.93. The SMILES string of the molecule is CCC(/C=C(C)\C(=C/N)c1cccc(C)c1)c1cccc(C)c1. The van der Waals surface area contributed by atoms with Gasteiger partial charge >= 0.3 is 0 Å². The molecule has 2 N–H and O–H groups in total. The highest BCUT2D eigenvalue weighted by Crippen LogP contribution is 2.29. The maximum atomic E-state index is 5.93. The average molecular weight is 305 g/mol. The summed E-state index contributed by atoms with van der Waals surface area (Å²) in [6.45, 7) is 8.64. The molecule has 23 heavy (non-hydrogen) atoms. The van der Waals surface area contributed by atoms with Gasteiger partial charge in [0.25, 0.3) is 0 Å². The first-order valence-electron chi connectivity index (χ1n) is 8.29. The van der Waals surface area contributed by atoms with E-state index >= 15 is 0 Å². The Hall–Kier alpha value is -2.28. The van der Waals surface area contributed by atoms with Crippen molar-refractivity contribution in [3.05, 3.63) is 88.6 Å². The summed E-state index contributed by atoms with van der Waals surface area (Å²) in [5.41, 5.74) is 13.4. The van der Waals surface area contributed by atoms with Crippen molar-refractivity contribution in [2.45, 2.75) is 40.0 Å². The molecule has 0 radical (unpaired) electrons. The maximum Gasteiger partial charge on any atom is 0.00213 e. The van der Waals surface area contributed by atoms with E-state index in [2.05, 4.69) is 82.3 Å². The minimum absolute atomic E-state index is 0.412. The third-order valence-corrected chi connectivity index (χ3v) is 4.28. The Balaban J connectivity index is 2.35. The molecule has 1 nitrogen and oxygen atoms in total. The molecule has 0 bridgehead atoms. The monoisotopic (exact) mass is 305 g/mol. The summed E-state index contributed by atoms with van der Waals surface area (Å²) in [4.78, 5) is 0. The van der Waals surface area contributed by atoms with Crippen LogP contribution in [0, 0.1) is 13.8 Å². The number of hydrogen-bond acceptors (Lipinski definition) is 1. The molecule has 0 saturated heterocycles. The number of hydrogen-bond donors (Lipinski definition) is 1. The van der Waals surface area contributed by atoms with Gasteiger partial charge in [-0.15, -0.1) is 0 Å².